The van der Waals surface area contributed by atoms with Gasteiger partial charge in [0.25, 0.3) is 0 Å². The molecule has 0 aromatic carbocycles. The number of carbonyl (C=O) groups is 1. The van der Waals surface area contributed by atoms with E-state index in [9.17, 15) is 4.79 Å². The summed E-state index contributed by atoms with van der Waals surface area (Å²) in [6.07, 6.45) is 3.54. The highest BCUT2D eigenvalue weighted by Gasteiger charge is 2.29. The molecule has 2 amide bonds. The van der Waals surface area contributed by atoms with Crippen LogP contribution in [-0.4, -0.2) is 48.1 Å². The first-order valence-corrected chi connectivity index (χ1v) is 6.00. The second kappa shape index (κ2) is 5.95. The van der Waals surface area contributed by atoms with Gasteiger partial charge in [0.05, 0.1) is 0 Å². The summed E-state index contributed by atoms with van der Waals surface area (Å²) in [5.74, 6) is 0. The molecular weight excluding hydrogens is 190 g/mol. The summed E-state index contributed by atoms with van der Waals surface area (Å²) in [5, 5.41) is 0. The Morgan fingerprint density at radius 2 is 1.93 bits per heavy atom. The van der Waals surface area contributed by atoms with Crippen molar-refractivity contribution >= 4 is 6.03 Å². The molecule has 0 spiro atoms. The number of amides is 2. The average molecular weight is 213 g/mol. The molecule has 0 atom stereocenters. The van der Waals surface area contributed by atoms with Crippen molar-refractivity contribution in [2.75, 3.05) is 26.2 Å². The van der Waals surface area contributed by atoms with E-state index in [1.165, 1.54) is 6.42 Å². The van der Waals surface area contributed by atoms with Gasteiger partial charge in [0.1, 0.15) is 0 Å². The number of nitrogens with zero attached hydrogens (tertiary/aromatic N) is 2. The highest BCUT2D eigenvalue weighted by Crippen LogP contribution is 2.25. The van der Waals surface area contributed by atoms with Gasteiger partial charge in [-0.2, -0.15) is 0 Å². The van der Waals surface area contributed by atoms with Crippen molar-refractivity contribution in [3.05, 3.63) is 0 Å². The standard InChI is InChI=1S/C11H23N3O/c1-3-13(4-2)11(15)14(9-8-12)10-6-5-7-10/h10H,3-9,12H2,1-2H3. The van der Waals surface area contributed by atoms with E-state index in [1.54, 1.807) is 0 Å². The molecule has 0 unspecified atom stereocenters. The fourth-order valence-electron chi connectivity index (χ4n) is 1.95. The average Bonchev–Trinajstić information content (AvgIpc) is 2.16. The molecule has 0 heterocycles. The first-order valence-electron chi connectivity index (χ1n) is 6.00. The number of carbonyl (C=O) groups excluding carboxylic acids is 1. The van der Waals surface area contributed by atoms with Crippen molar-refractivity contribution < 1.29 is 4.79 Å². The summed E-state index contributed by atoms with van der Waals surface area (Å²) in [5.41, 5.74) is 5.55. The van der Waals surface area contributed by atoms with Crippen LogP contribution >= 0.6 is 0 Å². The summed E-state index contributed by atoms with van der Waals surface area (Å²) < 4.78 is 0. The Balaban J connectivity index is 2.56. The van der Waals surface area contributed by atoms with Crippen LogP contribution in [0.1, 0.15) is 33.1 Å². The maximum atomic E-state index is 12.1. The van der Waals surface area contributed by atoms with Crippen molar-refractivity contribution in [2.24, 2.45) is 5.73 Å². The molecule has 88 valence electrons. The zero-order chi connectivity index (χ0) is 11.3. The van der Waals surface area contributed by atoms with Crippen LogP contribution in [-0.2, 0) is 0 Å². The molecule has 1 fully saturated rings. The Labute approximate surface area is 92.4 Å². The molecule has 1 saturated carbocycles. The molecular formula is C11H23N3O. The van der Waals surface area contributed by atoms with E-state index in [-0.39, 0.29) is 6.03 Å². The largest absolute Gasteiger partial charge is 0.329 e. The highest BCUT2D eigenvalue weighted by molar-refractivity contribution is 5.74. The minimum absolute atomic E-state index is 0.162. The maximum absolute atomic E-state index is 12.1. The van der Waals surface area contributed by atoms with Gasteiger partial charge in [0, 0.05) is 32.2 Å². The van der Waals surface area contributed by atoms with E-state index in [0.717, 1.165) is 25.9 Å². The molecule has 1 aliphatic rings. The second-order valence-corrected chi connectivity index (χ2v) is 4.02. The van der Waals surface area contributed by atoms with Crippen LogP contribution in [0.4, 0.5) is 4.79 Å². The number of rotatable bonds is 5. The lowest BCUT2D eigenvalue weighted by Crippen LogP contribution is -2.52. The van der Waals surface area contributed by atoms with Crippen LogP contribution in [0.5, 0.6) is 0 Å². The van der Waals surface area contributed by atoms with Crippen LogP contribution < -0.4 is 5.73 Å². The van der Waals surface area contributed by atoms with Gasteiger partial charge in [-0.1, -0.05) is 0 Å². The zero-order valence-corrected chi connectivity index (χ0v) is 9.91. The minimum Gasteiger partial charge on any atom is -0.329 e. The van der Waals surface area contributed by atoms with E-state index < -0.39 is 0 Å². The van der Waals surface area contributed by atoms with Gasteiger partial charge < -0.3 is 15.5 Å². The summed E-state index contributed by atoms with van der Waals surface area (Å²) in [4.78, 5) is 15.9. The van der Waals surface area contributed by atoms with Crippen molar-refractivity contribution in [2.45, 2.75) is 39.2 Å². The Morgan fingerprint density at radius 3 is 2.27 bits per heavy atom. The Morgan fingerprint density at radius 1 is 1.33 bits per heavy atom. The fraction of sp³-hybridized carbons (Fsp3) is 0.909. The second-order valence-electron chi connectivity index (χ2n) is 4.02. The maximum Gasteiger partial charge on any atom is 0.320 e. The Hall–Kier alpha value is -0.770. The topological polar surface area (TPSA) is 49.6 Å². The van der Waals surface area contributed by atoms with Gasteiger partial charge in [-0.25, -0.2) is 4.79 Å². The van der Waals surface area contributed by atoms with Gasteiger partial charge >= 0.3 is 6.03 Å². The lowest BCUT2D eigenvalue weighted by molar-refractivity contribution is 0.111. The first kappa shape index (κ1) is 12.3. The molecule has 0 aromatic rings. The molecule has 4 nitrogen and oxygen atoms in total. The third-order valence-electron chi connectivity index (χ3n) is 3.17. The molecule has 0 radical (unpaired) electrons. The Bertz CT molecular complexity index is 200. The summed E-state index contributed by atoms with van der Waals surface area (Å²) in [7, 11) is 0. The fourth-order valence-corrected chi connectivity index (χ4v) is 1.95. The van der Waals surface area contributed by atoms with Crippen LogP contribution in [0.25, 0.3) is 0 Å². The summed E-state index contributed by atoms with van der Waals surface area (Å²) in [6.45, 7) is 6.85. The number of hydrogen-bond acceptors (Lipinski definition) is 2. The number of nitrogens with two attached hydrogens (primary N) is 1. The van der Waals surface area contributed by atoms with Crippen molar-refractivity contribution in [1.82, 2.24) is 9.80 Å². The molecule has 15 heavy (non-hydrogen) atoms. The lowest BCUT2D eigenvalue weighted by Gasteiger charge is -2.39. The molecule has 1 rings (SSSR count). The predicted molar refractivity (Wildman–Crippen MR) is 61.7 cm³/mol. The smallest absolute Gasteiger partial charge is 0.320 e. The van der Waals surface area contributed by atoms with Crippen molar-refractivity contribution in [1.29, 1.82) is 0 Å². The number of urea groups is 1. The van der Waals surface area contributed by atoms with Gasteiger partial charge in [-0.05, 0) is 33.1 Å². The first-order chi connectivity index (χ1) is 7.24. The molecule has 2 N–H and O–H groups in total. The monoisotopic (exact) mass is 213 g/mol. The van der Waals surface area contributed by atoms with Crippen molar-refractivity contribution in [3.63, 3.8) is 0 Å². The third kappa shape index (κ3) is 2.84. The van der Waals surface area contributed by atoms with Crippen LogP contribution in [0, 0.1) is 0 Å². The SMILES string of the molecule is CCN(CC)C(=O)N(CCN)C1CCC1. The molecule has 4 heteroatoms. The Kier molecular flexibility index (Phi) is 4.88. The van der Waals surface area contributed by atoms with Crippen molar-refractivity contribution in [3.8, 4) is 0 Å². The van der Waals surface area contributed by atoms with E-state index in [4.69, 9.17) is 5.73 Å². The van der Waals surface area contributed by atoms with Gasteiger partial charge in [0.2, 0.25) is 0 Å². The minimum atomic E-state index is 0.162. The third-order valence-corrected chi connectivity index (χ3v) is 3.17. The van der Waals surface area contributed by atoms with E-state index >= 15 is 0 Å². The predicted octanol–water partition coefficient (Wildman–Crippen LogP) is 1.26. The van der Waals surface area contributed by atoms with E-state index in [2.05, 4.69) is 0 Å². The zero-order valence-electron chi connectivity index (χ0n) is 9.91. The molecule has 1 aliphatic carbocycles. The summed E-state index contributed by atoms with van der Waals surface area (Å²) in [6, 6.07) is 0.608. The van der Waals surface area contributed by atoms with E-state index in [0.29, 0.717) is 19.1 Å². The lowest BCUT2D eigenvalue weighted by atomic mass is 9.91. The quantitative estimate of drug-likeness (QED) is 0.747. The summed E-state index contributed by atoms with van der Waals surface area (Å²) >= 11 is 0. The molecule has 0 aromatic heterocycles. The van der Waals surface area contributed by atoms with Crippen LogP contribution in [0.3, 0.4) is 0 Å². The van der Waals surface area contributed by atoms with Gasteiger partial charge in [-0.15, -0.1) is 0 Å². The van der Waals surface area contributed by atoms with Gasteiger partial charge in [-0.3, -0.25) is 0 Å². The normalized spacial score (nSPS) is 15.9. The molecule has 0 bridgehead atoms. The molecule has 0 saturated heterocycles. The number of hydrogen-bond donors (Lipinski definition) is 1. The van der Waals surface area contributed by atoms with Crippen LogP contribution in [0.15, 0.2) is 0 Å². The highest BCUT2D eigenvalue weighted by atomic mass is 16.2. The molecule has 0 aliphatic heterocycles. The van der Waals surface area contributed by atoms with Crippen LogP contribution in [0.2, 0.25) is 0 Å². The van der Waals surface area contributed by atoms with Gasteiger partial charge in [0.15, 0.2) is 0 Å². The van der Waals surface area contributed by atoms with E-state index in [1.807, 2.05) is 23.6 Å².